The second-order valence-corrected chi connectivity index (χ2v) is 6.47. The normalized spacial score (nSPS) is 15.7. The highest BCUT2D eigenvalue weighted by Gasteiger charge is 2.37. The van der Waals surface area contributed by atoms with Crippen LogP contribution in [0.3, 0.4) is 0 Å². The number of hydrogen-bond donors (Lipinski definition) is 2. The van der Waals surface area contributed by atoms with Crippen LogP contribution >= 0.6 is 28.1 Å². The molecule has 1 aliphatic carbocycles. The lowest BCUT2D eigenvalue weighted by atomic mass is 9.98. The van der Waals surface area contributed by atoms with Gasteiger partial charge < -0.3 is 11.1 Å². The first-order valence-electron chi connectivity index (χ1n) is 5.77. The van der Waals surface area contributed by atoms with Crippen molar-refractivity contribution in [1.29, 1.82) is 0 Å². The van der Waals surface area contributed by atoms with Crippen LogP contribution in [0.4, 0.5) is 5.69 Å². The second kappa shape index (κ2) is 4.58. The van der Waals surface area contributed by atoms with Crippen molar-refractivity contribution in [2.24, 2.45) is 11.7 Å². The van der Waals surface area contributed by atoms with E-state index in [1.165, 1.54) is 12.8 Å². The lowest BCUT2D eigenvalue weighted by molar-refractivity contribution is 0.494. The molecule has 0 aliphatic heterocycles. The fraction of sp³-hybridized carbons (Fsp3) is 0.462. The largest absolute Gasteiger partial charge is 0.389 e. The predicted molar refractivity (Wildman–Crippen MR) is 80.5 cm³/mol. The fourth-order valence-corrected chi connectivity index (χ4v) is 2.63. The summed E-state index contributed by atoms with van der Waals surface area (Å²) >= 11 is 8.52. The lowest BCUT2D eigenvalue weighted by Crippen LogP contribution is -2.33. The summed E-state index contributed by atoms with van der Waals surface area (Å²) in [6.45, 7) is 4.50. The maximum absolute atomic E-state index is 5.61. The molecule has 0 spiro atoms. The number of thiocarbonyl (C=S) groups is 1. The number of anilines is 1. The van der Waals surface area contributed by atoms with Crippen LogP contribution < -0.4 is 11.1 Å². The molecule has 1 fully saturated rings. The SMILES string of the molecule is CC(C)(Nc1ccc(C(N)=S)cc1Br)C1CC1. The highest BCUT2D eigenvalue weighted by Crippen LogP contribution is 2.42. The summed E-state index contributed by atoms with van der Waals surface area (Å²) in [5.41, 5.74) is 7.74. The van der Waals surface area contributed by atoms with Crippen LogP contribution in [0.2, 0.25) is 0 Å². The van der Waals surface area contributed by atoms with Gasteiger partial charge in [0.2, 0.25) is 0 Å². The van der Waals surface area contributed by atoms with Gasteiger partial charge in [-0.2, -0.15) is 0 Å². The molecule has 1 aromatic rings. The first-order valence-corrected chi connectivity index (χ1v) is 6.98. The summed E-state index contributed by atoms with van der Waals surface area (Å²) in [6, 6.07) is 5.95. The van der Waals surface area contributed by atoms with Crippen molar-refractivity contribution in [1.82, 2.24) is 0 Å². The molecule has 3 N–H and O–H groups in total. The Morgan fingerprint density at radius 2 is 2.12 bits per heavy atom. The minimum absolute atomic E-state index is 0.146. The van der Waals surface area contributed by atoms with E-state index in [9.17, 15) is 0 Å². The zero-order valence-corrected chi connectivity index (χ0v) is 12.5. The zero-order valence-electron chi connectivity index (χ0n) is 10.1. The quantitative estimate of drug-likeness (QED) is 0.833. The lowest BCUT2D eigenvalue weighted by Gasteiger charge is -2.28. The number of halogens is 1. The second-order valence-electron chi connectivity index (χ2n) is 5.18. The van der Waals surface area contributed by atoms with E-state index in [0.717, 1.165) is 21.6 Å². The van der Waals surface area contributed by atoms with E-state index in [1.54, 1.807) is 0 Å². The van der Waals surface area contributed by atoms with Crippen LogP contribution in [0.25, 0.3) is 0 Å². The van der Waals surface area contributed by atoms with Crippen LogP contribution in [-0.2, 0) is 0 Å². The minimum atomic E-state index is 0.146. The van der Waals surface area contributed by atoms with E-state index in [4.69, 9.17) is 18.0 Å². The van der Waals surface area contributed by atoms with Crippen molar-refractivity contribution in [3.05, 3.63) is 28.2 Å². The zero-order chi connectivity index (χ0) is 12.6. The van der Waals surface area contributed by atoms with Crippen molar-refractivity contribution < 1.29 is 0 Å². The predicted octanol–water partition coefficient (Wildman–Crippen LogP) is 3.68. The maximum Gasteiger partial charge on any atom is 0.104 e. The Morgan fingerprint density at radius 1 is 1.47 bits per heavy atom. The molecular formula is C13H17BrN2S. The Labute approximate surface area is 116 Å². The van der Waals surface area contributed by atoms with Crippen LogP contribution in [0.1, 0.15) is 32.3 Å². The Balaban J connectivity index is 2.19. The molecule has 0 radical (unpaired) electrons. The Kier molecular flexibility index (Phi) is 3.46. The molecule has 1 aromatic carbocycles. The molecule has 0 unspecified atom stereocenters. The topological polar surface area (TPSA) is 38.0 Å². The van der Waals surface area contributed by atoms with E-state index in [1.807, 2.05) is 18.2 Å². The third-order valence-electron chi connectivity index (χ3n) is 3.31. The third kappa shape index (κ3) is 2.99. The first kappa shape index (κ1) is 12.8. The molecule has 0 amide bonds. The van der Waals surface area contributed by atoms with Crippen LogP contribution in [-0.4, -0.2) is 10.5 Å². The molecule has 1 saturated carbocycles. The molecule has 0 atom stereocenters. The van der Waals surface area contributed by atoms with Crippen molar-refractivity contribution in [2.45, 2.75) is 32.2 Å². The average Bonchev–Trinajstić information content (AvgIpc) is 3.04. The summed E-state index contributed by atoms with van der Waals surface area (Å²) in [6.07, 6.45) is 2.64. The summed E-state index contributed by atoms with van der Waals surface area (Å²) in [5, 5.41) is 3.58. The van der Waals surface area contributed by atoms with Gasteiger partial charge in [-0.3, -0.25) is 0 Å². The van der Waals surface area contributed by atoms with Crippen molar-refractivity contribution in [2.75, 3.05) is 5.32 Å². The molecule has 17 heavy (non-hydrogen) atoms. The van der Waals surface area contributed by atoms with Gasteiger partial charge in [0.15, 0.2) is 0 Å². The molecule has 0 saturated heterocycles. The van der Waals surface area contributed by atoms with Gasteiger partial charge in [0.05, 0.1) is 0 Å². The molecule has 2 rings (SSSR count). The first-order chi connectivity index (χ1) is 7.90. The van der Waals surface area contributed by atoms with Crippen LogP contribution in [0.5, 0.6) is 0 Å². The Bertz CT molecular complexity index is 453. The van der Waals surface area contributed by atoms with Crippen molar-refractivity contribution in [3.8, 4) is 0 Å². The molecule has 92 valence electrons. The van der Waals surface area contributed by atoms with Gasteiger partial charge in [0.25, 0.3) is 0 Å². The molecule has 0 aromatic heterocycles. The van der Waals surface area contributed by atoms with Crippen LogP contribution in [0.15, 0.2) is 22.7 Å². The highest BCUT2D eigenvalue weighted by molar-refractivity contribution is 9.10. The van der Waals surface area contributed by atoms with E-state index in [0.29, 0.717) is 4.99 Å². The number of benzene rings is 1. The maximum atomic E-state index is 5.61. The molecule has 4 heteroatoms. The summed E-state index contributed by atoms with van der Waals surface area (Å²) < 4.78 is 1.01. The Morgan fingerprint density at radius 3 is 2.59 bits per heavy atom. The van der Waals surface area contributed by atoms with E-state index in [-0.39, 0.29) is 5.54 Å². The summed E-state index contributed by atoms with van der Waals surface area (Å²) in [5.74, 6) is 0.782. The molecular weight excluding hydrogens is 296 g/mol. The van der Waals surface area contributed by atoms with Crippen LogP contribution in [0, 0.1) is 5.92 Å². The standard InChI is InChI=1S/C13H17BrN2S/c1-13(2,9-4-5-9)16-11-6-3-8(12(15)17)7-10(11)14/h3,6-7,9,16H,4-5H2,1-2H3,(H2,15,17). The Hall–Kier alpha value is -0.610. The molecule has 2 nitrogen and oxygen atoms in total. The van der Waals surface area contributed by atoms with Gasteiger partial charge in [-0.1, -0.05) is 12.2 Å². The minimum Gasteiger partial charge on any atom is -0.389 e. The van der Waals surface area contributed by atoms with Gasteiger partial charge >= 0.3 is 0 Å². The number of nitrogens with two attached hydrogens (primary N) is 1. The number of nitrogens with one attached hydrogen (secondary N) is 1. The van der Waals surface area contributed by atoms with Gasteiger partial charge in [0.1, 0.15) is 4.99 Å². The van der Waals surface area contributed by atoms with Gasteiger partial charge in [0, 0.05) is 21.3 Å². The van der Waals surface area contributed by atoms with Gasteiger partial charge in [-0.05, 0) is 66.7 Å². The van der Waals surface area contributed by atoms with E-state index in [2.05, 4.69) is 35.1 Å². The smallest absolute Gasteiger partial charge is 0.104 e. The monoisotopic (exact) mass is 312 g/mol. The van der Waals surface area contributed by atoms with Gasteiger partial charge in [-0.15, -0.1) is 0 Å². The van der Waals surface area contributed by atoms with Crippen molar-refractivity contribution in [3.63, 3.8) is 0 Å². The summed E-state index contributed by atoms with van der Waals surface area (Å²) in [4.78, 5) is 0.429. The number of rotatable bonds is 4. The highest BCUT2D eigenvalue weighted by atomic mass is 79.9. The molecule has 0 heterocycles. The molecule has 0 bridgehead atoms. The molecule has 1 aliphatic rings. The average molecular weight is 313 g/mol. The summed E-state index contributed by atoms with van der Waals surface area (Å²) in [7, 11) is 0. The van der Waals surface area contributed by atoms with E-state index < -0.39 is 0 Å². The fourth-order valence-electron chi connectivity index (χ4n) is 2.02. The van der Waals surface area contributed by atoms with Crippen molar-refractivity contribution >= 4 is 38.8 Å². The third-order valence-corrected chi connectivity index (χ3v) is 4.20. The van der Waals surface area contributed by atoms with E-state index >= 15 is 0 Å². The number of hydrogen-bond acceptors (Lipinski definition) is 2. The van der Waals surface area contributed by atoms with Gasteiger partial charge in [-0.25, -0.2) is 0 Å².